The Hall–Kier alpha value is -3.40. The molecule has 3 aromatic rings. The first-order valence-electron chi connectivity index (χ1n) is 10.8. The second-order valence-electron chi connectivity index (χ2n) is 7.41. The lowest BCUT2D eigenvalue weighted by atomic mass is 10.1. The molecule has 0 aliphatic carbocycles. The molecule has 180 valence electrons. The molecule has 2 heterocycles. The van der Waals surface area contributed by atoms with Crippen LogP contribution in [0.3, 0.4) is 0 Å². The molecule has 0 unspecified atom stereocenters. The van der Waals surface area contributed by atoms with Crippen LogP contribution in [0.4, 0.5) is 21.6 Å². The highest BCUT2D eigenvalue weighted by Gasteiger charge is 2.14. The maximum absolute atomic E-state index is 13.8. The molecule has 8 nitrogen and oxygen atoms in total. The first-order chi connectivity index (χ1) is 16.5. The fourth-order valence-electron chi connectivity index (χ4n) is 3.59. The maximum atomic E-state index is 13.8. The third-order valence-electron chi connectivity index (χ3n) is 5.01. The van der Waals surface area contributed by atoms with E-state index in [1.165, 1.54) is 31.3 Å². The summed E-state index contributed by atoms with van der Waals surface area (Å²) in [5.41, 5.74) is 3.19. The Balaban J connectivity index is 0.00000158. The van der Waals surface area contributed by atoms with Crippen molar-refractivity contribution in [3.63, 3.8) is 0 Å². The summed E-state index contributed by atoms with van der Waals surface area (Å²) in [5.74, 6) is 2.08. The molecule has 1 fully saturated rings. The number of benzene rings is 2. The summed E-state index contributed by atoms with van der Waals surface area (Å²) in [4.78, 5) is 28.5. The number of hydrogen-bond acceptors (Lipinski definition) is 8. The number of hydrogen-bond donors (Lipinski definition) is 1. The van der Waals surface area contributed by atoms with Gasteiger partial charge in [0.1, 0.15) is 30.5 Å². The third kappa shape index (κ3) is 6.34. The van der Waals surface area contributed by atoms with Crippen LogP contribution in [0.15, 0.2) is 41.0 Å². The van der Waals surface area contributed by atoms with Gasteiger partial charge in [-0.25, -0.2) is 23.5 Å². The number of carbonyl (C=O) groups excluding carboxylic acids is 2. The minimum Gasteiger partial charge on any atom is -0.480 e. The van der Waals surface area contributed by atoms with E-state index in [0.29, 0.717) is 11.5 Å². The zero-order chi connectivity index (χ0) is 24.5. The Morgan fingerprint density at radius 3 is 2.71 bits per heavy atom. The summed E-state index contributed by atoms with van der Waals surface area (Å²) in [6.07, 6.45) is 3.97. The standard InChI is InChI=1S/C23H25FN4O3S.CH2O/c1-3-30-21(29)13-31-20-11-16(24)6-7-18(20)27-23-22-15(2)10-17(12-19(22)25-14-26-23)28-32-8-4-5-9-32;1-2/h6-7,10-12,14H,3-5,8-9,13H2,1-2H3,(H,25,26,27);1H2. The van der Waals surface area contributed by atoms with E-state index in [1.807, 2.05) is 25.8 Å². The van der Waals surface area contributed by atoms with Crippen LogP contribution in [0.5, 0.6) is 5.75 Å². The van der Waals surface area contributed by atoms with Crippen molar-refractivity contribution in [3.05, 3.63) is 48.0 Å². The van der Waals surface area contributed by atoms with E-state index < -0.39 is 11.8 Å². The smallest absolute Gasteiger partial charge is 0.344 e. The summed E-state index contributed by atoms with van der Waals surface area (Å²) in [5, 5.41) is 4.06. The van der Waals surface area contributed by atoms with Gasteiger partial charge >= 0.3 is 5.97 Å². The molecule has 1 N–H and O–H groups in total. The van der Waals surface area contributed by atoms with Gasteiger partial charge in [0.25, 0.3) is 0 Å². The van der Waals surface area contributed by atoms with Crippen molar-refractivity contribution < 1.29 is 23.5 Å². The van der Waals surface area contributed by atoms with E-state index in [1.54, 1.807) is 13.0 Å². The average molecular weight is 487 g/mol. The van der Waals surface area contributed by atoms with Crippen LogP contribution in [-0.2, 0) is 25.0 Å². The molecule has 0 bridgehead atoms. The zero-order valence-electron chi connectivity index (χ0n) is 19.2. The van der Waals surface area contributed by atoms with E-state index in [9.17, 15) is 9.18 Å². The van der Waals surface area contributed by atoms with Gasteiger partial charge in [-0.3, -0.25) is 0 Å². The molecule has 0 atom stereocenters. The molecule has 1 saturated heterocycles. The van der Waals surface area contributed by atoms with Crippen LogP contribution in [0.25, 0.3) is 10.9 Å². The number of anilines is 2. The van der Waals surface area contributed by atoms with Crippen LogP contribution >= 0.6 is 0 Å². The number of aryl methyl sites for hydroxylation is 1. The van der Waals surface area contributed by atoms with Crippen molar-refractivity contribution in [1.29, 1.82) is 0 Å². The monoisotopic (exact) mass is 486 g/mol. The lowest BCUT2D eigenvalue weighted by Gasteiger charge is -2.15. The zero-order valence-corrected chi connectivity index (χ0v) is 20.0. The molecule has 1 aliphatic rings. The fraction of sp³-hybridized carbons (Fsp3) is 0.333. The number of carbonyl (C=O) groups is 2. The number of fused-ring (bicyclic) bond motifs is 1. The summed E-state index contributed by atoms with van der Waals surface area (Å²) in [6, 6.07) is 8.10. The molecule has 0 amide bonds. The van der Waals surface area contributed by atoms with Gasteiger partial charge < -0.3 is 19.6 Å². The van der Waals surface area contributed by atoms with Gasteiger partial charge in [0.05, 0.1) is 23.5 Å². The number of nitrogens with one attached hydrogen (secondary N) is 1. The van der Waals surface area contributed by atoms with E-state index in [2.05, 4.69) is 15.3 Å². The summed E-state index contributed by atoms with van der Waals surface area (Å²) >= 11 is 0. The maximum Gasteiger partial charge on any atom is 0.344 e. The number of halogens is 1. The highest BCUT2D eigenvalue weighted by Crippen LogP contribution is 2.34. The summed E-state index contributed by atoms with van der Waals surface area (Å²) in [6.45, 7) is 5.64. The Morgan fingerprint density at radius 1 is 1.21 bits per heavy atom. The fourth-order valence-corrected chi connectivity index (χ4v) is 5.45. The minimum absolute atomic E-state index is 0.0965. The van der Waals surface area contributed by atoms with Gasteiger partial charge in [0.15, 0.2) is 6.61 Å². The highest BCUT2D eigenvalue weighted by molar-refractivity contribution is 7.87. The first kappa shape index (κ1) is 25.2. The Kier molecular flexibility index (Phi) is 9.03. The molecule has 1 aliphatic heterocycles. The summed E-state index contributed by atoms with van der Waals surface area (Å²) < 4.78 is 29.1. The normalized spacial score (nSPS) is 13.1. The number of nitrogens with zero attached hydrogens (tertiary/aromatic N) is 3. The van der Waals surface area contributed by atoms with E-state index in [4.69, 9.17) is 18.6 Å². The highest BCUT2D eigenvalue weighted by atomic mass is 32.2. The molecule has 0 saturated carbocycles. The molecule has 0 radical (unpaired) electrons. The number of ether oxygens (including phenoxy) is 2. The number of esters is 1. The lowest BCUT2D eigenvalue weighted by molar-refractivity contribution is -0.145. The molecule has 2 aromatic carbocycles. The van der Waals surface area contributed by atoms with Gasteiger partial charge in [-0.2, -0.15) is 0 Å². The van der Waals surface area contributed by atoms with Gasteiger partial charge in [-0.05, 0) is 56.5 Å². The molecule has 1 aromatic heterocycles. The molecule has 34 heavy (non-hydrogen) atoms. The van der Waals surface area contributed by atoms with Gasteiger partial charge in [0.2, 0.25) is 0 Å². The minimum atomic E-state index is -0.523. The van der Waals surface area contributed by atoms with Crippen molar-refractivity contribution in [2.24, 2.45) is 4.36 Å². The Bertz CT molecular complexity index is 1200. The van der Waals surface area contributed by atoms with Crippen LogP contribution < -0.4 is 10.1 Å². The topological polar surface area (TPSA) is 103 Å². The second-order valence-corrected chi connectivity index (χ2v) is 9.33. The summed E-state index contributed by atoms with van der Waals surface area (Å²) in [7, 11) is 0.0965. The molecular weight excluding hydrogens is 459 g/mol. The van der Waals surface area contributed by atoms with Crippen molar-refractivity contribution >= 4 is 51.5 Å². The van der Waals surface area contributed by atoms with Gasteiger partial charge in [-0.15, -0.1) is 0 Å². The Labute approximate surface area is 200 Å². The predicted molar refractivity (Wildman–Crippen MR) is 132 cm³/mol. The van der Waals surface area contributed by atoms with E-state index in [0.717, 1.165) is 33.7 Å². The van der Waals surface area contributed by atoms with E-state index in [-0.39, 0.29) is 29.7 Å². The van der Waals surface area contributed by atoms with Gasteiger partial charge in [0, 0.05) is 23.0 Å². The van der Waals surface area contributed by atoms with E-state index >= 15 is 0 Å². The van der Waals surface area contributed by atoms with Crippen LogP contribution in [0, 0.1) is 12.7 Å². The molecule has 10 heteroatoms. The van der Waals surface area contributed by atoms with Crippen molar-refractivity contribution in [1.82, 2.24) is 9.97 Å². The van der Waals surface area contributed by atoms with Crippen molar-refractivity contribution in [2.75, 3.05) is 30.0 Å². The van der Waals surface area contributed by atoms with Crippen molar-refractivity contribution in [3.8, 4) is 5.75 Å². The van der Waals surface area contributed by atoms with Crippen LogP contribution in [0.1, 0.15) is 25.3 Å². The largest absolute Gasteiger partial charge is 0.480 e. The third-order valence-corrected chi connectivity index (χ3v) is 7.00. The molecular formula is C24H27FN4O4S. The number of rotatable bonds is 7. The van der Waals surface area contributed by atoms with Gasteiger partial charge in [-0.1, -0.05) is 10.7 Å². The van der Waals surface area contributed by atoms with Crippen molar-refractivity contribution in [2.45, 2.75) is 26.7 Å². The molecule has 0 spiro atoms. The quantitative estimate of drug-likeness (QED) is 0.478. The number of aromatic nitrogens is 2. The van der Waals surface area contributed by atoms with Crippen LogP contribution in [0.2, 0.25) is 0 Å². The molecule has 4 rings (SSSR count). The second kappa shape index (κ2) is 12.2. The van der Waals surface area contributed by atoms with Crippen LogP contribution in [-0.4, -0.2) is 47.4 Å². The Morgan fingerprint density at radius 2 is 1.97 bits per heavy atom. The SMILES string of the molecule is C=O.CCOC(=O)COc1cc(F)ccc1Nc1ncnc2cc(N=S3CCCC3)cc(C)c12. The lowest BCUT2D eigenvalue weighted by Crippen LogP contribution is -2.15. The average Bonchev–Trinajstić information content (AvgIpc) is 3.33. The predicted octanol–water partition coefficient (Wildman–Crippen LogP) is 4.81. The first-order valence-corrected chi connectivity index (χ1v) is 12.3.